The molecule has 3 heterocycles. The van der Waals surface area contributed by atoms with Gasteiger partial charge in [0.05, 0.1) is 11.4 Å². The van der Waals surface area contributed by atoms with Crippen molar-refractivity contribution < 1.29 is 9.63 Å². The average molecular weight is 352 g/mol. The van der Waals surface area contributed by atoms with Gasteiger partial charge in [-0.3, -0.25) is 9.89 Å². The third-order valence-corrected chi connectivity index (χ3v) is 5.21. The number of carbonyl (C=O) groups is 1. The summed E-state index contributed by atoms with van der Waals surface area (Å²) in [6, 6.07) is 12.6. The second-order valence-corrected chi connectivity index (χ2v) is 7.20. The third-order valence-electron chi connectivity index (χ3n) is 5.21. The summed E-state index contributed by atoms with van der Waals surface area (Å²) >= 11 is 0. The van der Waals surface area contributed by atoms with E-state index >= 15 is 0 Å². The number of rotatable bonds is 4. The Balaban J connectivity index is 1.31. The molecule has 2 aromatic rings. The van der Waals surface area contributed by atoms with Gasteiger partial charge in [0.15, 0.2) is 0 Å². The van der Waals surface area contributed by atoms with Gasteiger partial charge >= 0.3 is 0 Å². The topological polar surface area (TPSA) is 70.6 Å². The minimum atomic E-state index is -0.422. The summed E-state index contributed by atoms with van der Waals surface area (Å²) in [5.74, 6) is 0.471. The first-order chi connectivity index (χ1) is 12.7. The molecule has 1 aromatic carbocycles. The summed E-state index contributed by atoms with van der Waals surface area (Å²) in [4.78, 5) is 19.6. The normalized spacial score (nSPS) is 20.7. The van der Waals surface area contributed by atoms with Crippen LogP contribution in [-0.2, 0) is 16.1 Å². The summed E-state index contributed by atoms with van der Waals surface area (Å²) in [5, 5.41) is 11.6. The number of nitrogens with one attached hydrogen (secondary N) is 1. The number of aromatic amines is 1. The molecule has 0 saturated carbocycles. The highest BCUT2D eigenvalue weighted by Gasteiger charge is 2.33. The van der Waals surface area contributed by atoms with E-state index in [-0.39, 0.29) is 5.91 Å². The number of nitrogens with zero attached hydrogens (tertiary/aromatic N) is 3. The van der Waals surface area contributed by atoms with Crippen LogP contribution in [0.4, 0.5) is 0 Å². The molecular weight excluding hydrogens is 328 g/mol. The predicted octanol–water partition coefficient (Wildman–Crippen LogP) is 2.87. The van der Waals surface area contributed by atoms with E-state index in [1.165, 1.54) is 5.56 Å². The van der Waals surface area contributed by atoms with E-state index in [1.807, 2.05) is 17.9 Å². The van der Waals surface area contributed by atoms with Crippen LogP contribution in [0.3, 0.4) is 0 Å². The molecule has 1 N–H and O–H groups in total. The zero-order valence-electron chi connectivity index (χ0n) is 15.0. The highest BCUT2D eigenvalue weighted by Crippen LogP contribution is 2.28. The molecule has 0 spiro atoms. The first-order valence-corrected chi connectivity index (χ1v) is 9.25. The summed E-state index contributed by atoms with van der Waals surface area (Å²) < 4.78 is 0. The molecule has 136 valence electrons. The van der Waals surface area contributed by atoms with E-state index in [2.05, 4.69) is 45.7 Å². The van der Waals surface area contributed by atoms with Gasteiger partial charge in [0, 0.05) is 37.5 Å². The van der Waals surface area contributed by atoms with Crippen LogP contribution in [-0.4, -0.2) is 45.9 Å². The van der Waals surface area contributed by atoms with Gasteiger partial charge in [-0.15, -0.1) is 0 Å². The van der Waals surface area contributed by atoms with Crippen molar-refractivity contribution in [3.63, 3.8) is 0 Å². The molecule has 0 unspecified atom stereocenters. The van der Waals surface area contributed by atoms with Gasteiger partial charge in [-0.2, -0.15) is 5.10 Å². The predicted molar refractivity (Wildman–Crippen MR) is 99.0 cm³/mol. The molecule has 1 amide bonds. The van der Waals surface area contributed by atoms with Gasteiger partial charge < -0.3 is 9.74 Å². The van der Waals surface area contributed by atoms with Crippen molar-refractivity contribution >= 4 is 11.6 Å². The van der Waals surface area contributed by atoms with Gasteiger partial charge in [0.2, 0.25) is 6.10 Å². The molecule has 1 saturated heterocycles. The zero-order chi connectivity index (χ0) is 17.9. The highest BCUT2D eigenvalue weighted by molar-refractivity contribution is 5.91. The maximum absolute atomic E-state index is 12.5. The van der Waals surface area contributed by atoms with Crippen molar-refractivity contribution in [1.82, 2.24) is 15.1 Å². The number of carbonyl (C=O) groups excluding carboxylic acids is 1. The van der Waals surface area contributed by atoms with Crippen LogP contribution in [0.15, 0.2) is 41.6 Å². The minimum Gasteiger partial charge on any atom is -0.382 e. The fraction of sp³-hybridized carbons (Fsp3) is 0.450. The van der Waals surface area contributed by atoms with Gasteiger partial charge in [-0.05, 0) is 31.4 Å². The second kappa shape index (κ2) is 7.32. The number of oxime groups is 1. The number of benzene rings is 1. The lowest BCUT2D eigenvalue weighted by Crippen LogP contribution is -2.43. The van der Waals surface area contributed by atoms with Crippen molar-refractivity contribution in [2.45, 2.75) is 44.6 Å². The molecule has 2 aliphatic rings. The van der Waals surface area contributed by atoms with E-state index in [1.54, 1.807) is 0 Å². The number of amides is 1. The Morgan fingerprint density at radius 1 is 1.27 bits per heavy atom. The Labute approximate surface area is 153 Å². The average Bonchev–Trinajstić information content (AvgIpc) is 3.31. The Bertz CT molecular complexity index is 791. The first-order valence-electron chi connectivity index (χ1n) is 9.25. The van der Waals surface area contributed by atoms with Gasteiger partial charge in [0.1, 0.15) is 0 Å². The van der Waals surface area contributed by atoms with E-state index in [0.717, 1.165) is 49.5 Å². The standard InChI is InChI=1S/C20H24N4O2/c1-14-11-19(26-23-14)20(25)24-9-7-16(8-10-24)18-13-17(21-22-18)12-15-5-3-2-4-6-15/h2-6,13,16,19H,7-12H2,1H3,(H,21,22)/t19-/m1/s1. The van der Waals surface area contributed by atoms with Gasteiger partial charge in [-0.1, -0.05) is 35.5 Å². The number of likely N-dealkylation sites (tertiary alicyclic amines) is 1. The largest absolute Gasteiger partial charge is 0.382 e. The molecule has 4 rings (SSSR count). The monoisotopic (exact) mass is 352 g/mol. The lowest BCUT2D eigenvalue weighted by molar-refractivity contribution is -0.143. The summed E-state index contributed by atoms with van der Waals surface area (Å²) in [7, 11) is 0. The van der Waals surface area contributed by atoms with E-state index in [4.69, 9.17) is 4.84 Å². The number of H-pyrrole nitrogens is 1. The zero-order valence-corrected chi connectivity index (χ0v) is 15.0. The highest BCUT2D eigenvalue weighted by atomic mass is 16.6. The Morgan fingerprint density at radius 3 is 2.73 bits per heavy atom. The third kappa shape index (κ3) is 3.64. The van der Waals surface area contributed by atoms with Crippen molar-refractivity contribution in [2.24, 2.45) is 5.16 Å². The molecule has 2 aliphatic heterocycles. The maximum Gasteiger partial charge on any atom is 0.266 e. The lowest BCUT2D eigenvalue weighted by atomic mass is 9.92. The van der Waals surface area contributed by atoms with Crippen LogP contribution < -0.4 is 0 Å². The molecule has 1 atom stereocenters. The minimum absolute atomic E-state index is 0.0656. The maximum atomic E-state index is 12.5. The van der Waals surface area contributed by atoms with Crippen molar-refractivity contribution in [1.29, 1.82) is 0 Å². The number of piperidine rings is 1. The fourth-order valence-electron chi connectivity index (χ4n) is 3.72. The quantitative estimate of drug-likeness (QED) is 0.920. The molecule has 0 bridgehead atoms. The Morgan fingerprint density at radius 2 is 2.04 bits per heavy atom. The van der Waals surface area contributed by atoms with E-state index in [9.17, 15) is 4.79 Å². The molecule has 1 fully saturated rings. The molecule has 1 aromatic heterocycles. The summed E-state index contributed by atoms with van der Waals surface area (Å²) in [6.07, 6.45) is 2.93. The molecule has 6 heteroatoms. The van der Waals surface area contributed by atoms with Crippen LogP contribution >= 0.6 is 0 Å². The number of hydrogen-bond donors (Lipinski definition) is 1. The van der Waals surface area contributed by atoms with Gasteiger partial charge in [0.25, 0.3) is 5.91 Å². The fourth-order valence-corrected chi connectivity index (χ4v) is 3.72. The Hall–Kier alpha value is -2.63. The van der Waals surface area contributed by atoms with E-state index in [0.29, 0.717) is 12.3 Å². The molecule has 0 radical (unpaired) electrons. The van der Waals surface area contributed by atoms with Crippen LogP contribution in [0, 0.1) is 0 Å². The molecular formula is C20H24N4O2. The van der Waals surface area contributed by atoms with Crippen molar-refractivity contribution in [3.05, 3.63) is 53.3 Å². The van der Waals surface area contributed by atoms with Crippen molar-refractivity contribution in [3.8, 4) is 0 Å². The lowest BCUT2D eigenvalue weighted by Gasteiger charge is -2.32. The van der Waals surface area contributed by atoms with E-state index < -0.39 is 6.10 Å². The Kier molecular flexibility index (Phi) is 4.73. The molecule has 0 aliphatic carbocycles. The molecule has 6 nitrogen and oxygen atoms in total. The van der Waals surface area contributed by atoms with Gasteiger partial charge in [-0.25, -0.2) is 0 Å². The number of hydrogen-bond acceptors (Lipinski definition) is 4. The van der Waals surface area contributed by atoms with Crippen molar-refractivity contribution in [2.75, 3.05) is 13.1 Å². The van der Waals surface area contributed by atoms with Crippen LogP contribution in [0.2, 0.25) is 0 Å². The van der Waals surface area contributed by atoms with Crippen LogP contribution in [0.1, 0.15) is 49.1 Å². The smallest absolute Gasteiger partial charge is 0.266 e. The number of aromatic nitrogens is 2. The summed E-state index contributed by atoms with van der Waals surface area (Å²) in [5.41, 5.74) is 4.41. The van der Waals surface area contributed by atoms with Crippen LogP contribution in [0.25, 0.3) is 0 Å². The first kappa shape index (κ1) is 16.8. The van der Waals surface area contributed by atoms with Crippen LogP contribution in [0.5, 0.6) is 0 Å². The summed E-state index contributed by atoms with van der Waals surface area (Å²) in [6.45, 7) is 3.40. The molecule has 26 heavy (non-hydrogen) atoms. The SMILES string of the molecule is CC1=NO[C@@H](C(=O)N2CCC(c3cc(Cc4ccccc4)[nH]n3)CC2)C1. The second-order valence-electron chi connectivity index (χ2n) is 7.20.